The number of rotatable bonds is 17. The van der Waals surface area contributed by atoms with E-state index >= 15 is 13.2 Å². The fraction of sp³-hybridized carbons (Fsp3) is 0.656. The minimum atomic E-state index is -3.34. The van der Waals surface area contributed by atoms with Crippen molar-refractivity contribution in [3.63, 3.8) is 0 Å². The summed E-state index contributed by atoms with van der Waals surface area (Å²) in [4.78, 5) is 3.67. The Kier molecular flexibility index (Phi) is 12.5. The molecule has 0 N–H and O–H groups in total. The maximum Gasteiger partial charge on any atom is 0.280 e. The van der Waals surface area contributed by atoms with E-state index in [0.29, 0.717) is 12.8 Å². The van der Waals surface area contributed by atoms with E-state index in [-0.39, 0.29) is 42.0 Å². The van der Waals surface area contributed by atoms with Crippen molar-refractivity contribution >= 4 is 0 Å². The molecule has 218 valence electrons. The molecule has 1 heterocycles. The second-order valence-electron chi connectivity index (χ2n) is 11.0. The smallest absolute Gasteiger partial charge is 0.280 e. The molecule has 1 aromatic carbocycles. The van der Waals surface area contributed by atoms with Crippen LogP contribution in [0, 0.1) is 23.5 Å². The van der Waals surface area contributed by atoms with Gasteiger partial charge in [0.1, 0.15) is 0 Å². The average molecular weight is 554 g/mol. The van der Waals surface area contributed by atoms with Gasteiger partial charge in [0.15, 0.2) is 11.6 Å². The van der Waals surface area contributed by atoms with E-state index in [2.05, 4.69) is 18.8 Å². The van der Waals surface area contributed by atoms with Crippen LogP contribution in [0.1, 0.15) is 121 Å². The molecule has 2 nitrogen and oxygen atoms in total. The number of aryl methyl sites for hydroxylation is 1. The predicted molar refractivity (Wildman–Crippen MR) is 147 cm³/mol. The maximum atomic E-state index is 15.3. The van der Waals surface area contributed by atoms with Gasteiger partial charge in [-0.25, -0.2) is 18.2 Å². The number of fused-ring (bicyclic) bond motifs is 1. The number of halogens is 5. The first kappa shape index (κ1) is 31.3. The van der Waals surface area contributed by atoms with Gasteiger partial charge in [0, 0.05) is 11.5 Å². The lowest BCUT2D eigenvalue weighted by atomic mass is 9.78. The zero-order valence-electron chi connectivity index (χ0n) is 23.6. The standard InChI is InChI=1S/C32H44F5NO/c1-3-5-7-9-11-12-14-16-24-18-17-23-22-26(38-31(35)28(23)32(24,36)37)25-19-20-27(30(34)29(25)33)39-21-15-13-10-8-6-4-2/h19-20,22,24H,3-18,21H2,1-2H3. The molecule has 0 fully saturated rings. The molecule has 1 aliphatic carbocycles. The summed E-state index contributed by atoms with van der Waals surface area (Å²) >= 11 is 0. The topological polar surface area (TPSA) is 22.1 Å². The number of aromatic nitrogens is 1. The molecule has 2 aromatic rings. The number of alkyl halides is 2. The molecule has 0 amide bonds. The van der Waals surface area contributed by atoms with Crippen molar-refractivity contribution in [1.82, 2.24) is 4.98 Å². The summed E-state index contributed by atoms with van der Waals surface area (Å²) in [5, 5.41) is 0. The van der Waals surface area contributed by atoms with Crippen molar-refractivity contribution in [3.8, 4) is 17.0 Å². The monoisotopic (exact) mass is 553 g/mol. The van der Waals surface area contributed by atoms with Gasteiger partial charge in [-0.2, -0.15) is 8.78 Å². The van der Waals surface area contributed by atoms with E-state index in [1.165, 1.54) is 37.5 Å². The Morgan fingerprint density at radius 2 is 1.44 bits per heavy atom. The minimum Gasteiger partial charge on any atom is -0.490 e. The van der Waals surface area contributed by atoms with Crippen molar-refractivity contribution in [2.45, 2.75) is 123 Å². The highest BCUT2D eigenvalue weighted by molar-refractivity contribution is 5.63. The largest absolute Gasteiger partial charge is 0.490 e. The SMILES string of the molecule is CCCCCCCCCC1CCc2cc(-c3ccc(OCCCCCCCC)c(F)c3F)nc(F)c2C1(F)F. The highest BCUT2D eigenvalue weighted by Gasteiger charge is 2.47. The van der Waals surface area contributed by atoms with Crippen LogP contribution >= 0.6 is 0 Å². The number of unbranched alkanes of at least 4 members (excludes halogenated alkanes) is 11. The highest BCUT2D eigenvalue weighted by Crippen LogP contribution is 2.48. The van der Waals surface area contributed by atoms with Gasteiger partial charge in [-0.3, -0.25) is 0 Å². The van der Waals surface area contributed by atoms with Crippen LogP contribution < -0.4 is 4.74 Å². The van der Waals surface area contributed by atoms with Crippen LogP contribution in [0.4, 0.5) is 22.0 Å². The summed E-state index contributed by atoms with van der Waals surface area (Å²) < 4.78 is 80.8. The van der Waals surface area contributed by atoms with Gasteiger partial charge in [-0.1, -0.05) is 90.9 Å². The molecular weight excluding hydrogens is 509 g/mol. The third kappa shape index (κ3) is 8.40. The normalized spacial score (nSPS) is 16.3. The van der Waals surface area contributed by atoms with E-state index in [9.17, 15) is 8.78 Å². The molecule has 0 radical (unpaired) electrons. The Bertz CT molecular complexity index is 1040. The number of nitrogens with zero attached hydrogens (tertiary/aromatic N) is 1. The maximum absolute atomic E-state index is 15.3. The molecule has 1 aromatic heterocycles. The fourth-order valence-corrected chi connectivity index (χ4v) is 5.54. The Morgan fingerprint density at radius 1 is 0.821 bits per heavy atom. The van der Waals surface area contributed by atoms with E-state index < -0.39 is 35.0 Å². The second-order valence-corrected chi connectivity index (χ2v) is 11.0. The second kappa shape index (κ2) is 15.6. The molecule has 0 spiro atoms. The highest BCUT2D eigenvalue weighted by atomic mass is 19.3. The zero-order valence-corrected chi connectivity index (χ0v) is 23.6. The summed E-state index contributed by atoms with van der Waals surface area (Å²) in [6, 6.07) is 3.84. The molecule has 1 atom stereocenters. The van der Waals surface area contributed by atoms with Crippen LogP contribution in [0.2, 0.25) is 0 Å². The third-order valence-corrected chi connectivity index (χ3v) is 7.90. The number of hydrogen-bond acceptors (Lipinski definition) is 2. The van der Waals surface area contributed by atoms with E-state index in [0.717, 1.165) is 57.8 Å². The van der Waals surface area contributed by atoms with E-state index in [1.54, 1.807) is 0 Å². The van der Waals surface area contributed by atoms with Crippen LogP contribution in [-0.2, 0) is 12.3 Å². The van der Waals surface area contributed by atoms with Crippen molar-refractivity contribution in [2.24, 2.45) is 5.92 Å². The molecular formula is C32H44F5NO. The van der Waals surface area contributed by atoms with Gasteiger partial charge in [0.05, 0.1) is 17.9 Å². The Labute approximate surface area is 230 Å². The first-order valence-electron chi connectivity index (χ1n) is 15.0. The number of benzene rings is 1. The van der Waals surface area contributed by atoms with Crippen molar-refractivity contribution in [3.05, 3.63) is 46.9 Å². The van der Waals surface area contributed by atoms with Gasteiger partial charge >= 0.3 is 0 Å². The summed E-state index contributed by atoms with van der Waals surface area (Å²) in [6.45, 7) is 4.56. The quantitative estimate of drug-likeness (QED) is 0.110. The first-order valence-corrected chi connectivity index (χ1v) is 15.0. The van der Waals surface area contributed by atoms with Gasteiger partial charge in [-0.15, -0.1) is 0 Å². The molecule has 1 unspecified atom stereocenters. The lowest BCUT2D eigenvalue weighted by Gasteiger charge is -2.33. The minimum absolute atomic E-state index is 0.113. The third-order valence-electron chi connectivity index (χ3n) is 7.90. The predicted octanol–water partition coefficient (Wildman–Crippen LogP) is 10.7. The van der Waals surface area contributed by atoms with Crippen molar-refractivity contribution in [2.75, 3.05) is 6.61 Å². The molecule has 0 bridgehead atoms. The summed E-state index contributed by atoms with van der Waals surface area (Å²) in [6.07, 6.45) is 14.3. The zero-order chi connectivity index (χ0) is 28.3. The summed E-state index contributed by atoms with van der Waals surface area (Å²) in [5.74, 6) is -8.22. The van der Waals surface area contributed by atoms with Gasteiger partial charge in [0.25, 0.3) is 5.92 Å². The Balaban J connectivity index is 1.64. The lowest BCUT2D eigenvalue weighted by molar-refractivity contribution is -0.0824. The molecule has 7 heteroatoms. The van der Waals surface area contributed by atoms with Crippen molar-refractivity contribution in [1.29, 1.82) is 0 Å². The van der Waals surface area contributed by atoms with Gasteiger partial charge < -0.3 is 4.74 Å². The van der Waals surface area contributed by atoms with Crippen molar-refractivity contribution < 1.29 is 26.7 Å². The molecule has 3 rings (SSSR count). The molecule has 0 aliphatic heterocycles. The molecule has 0 saturated heterocycles. The lowest BCUT2D eigenvalue weighted by Crippen LogP contribution is -2.33. The fourth-order valence-electron chi connectivity index (χ4n) is 5.54. The van der Waals surface area contributed by atoms with Crippen LogP contribution in [0.25, 0.3) is 11.3 Å². The van der Waals surface area contributed by atoms with Crippen LogP contribution in [0.5, 0.6) is 5.75 Å². The molecule has 39 heavy (non-hydrogen) atoms. The number of pyridine rings is 1. The van der Waals surface area contributed by atoms with E-state index in [1.807, 2.05) is 0 Å². The van der Waals surface area contributed by atoms with Gasteiger partial charge in [0.2, 0.25) is 11.8 Å². The van der Waals surface area contributed by atoms with Crippen LogP contribution in [0.15, 0.2) is 18.2 Å². The summed E-state index contributed by atoms with van der Waals surface area (Å²) in [7, 11) is 0. The van der Waals surface area contributed by atoms with E-state index in [4.69, 9.17) is 4.74 Å². The Hall–Kier alpha value is -2.18. The average Bonchev–Trinajstić information content (AvgIpc) is 2.90. The van der Waals surface area contributed by atoms with Crippen LogP contribution in [0.3, 0.4) is 0 Å². The number of ether oxygens (including phenoxy) is 1. The Morgan fingerprint density at radius 3 is 2.10 bits per heavy atom. The molecule has 1 aliphatic rings. The van der Waals surface area contributed by atoms with Crippen LogP contribution in [-0.4, -0.2) is 11.6 Å². The first-order chi connectivity index (χ1) is 18.8. The molecule has 0 saturated carbocycles. The summed E-state index contributed by atoms with van der Waals surface area (Å²) in [5.41, 5.74) is -1.03. The number of hydrogen-bond donors (Lipinski definition) is 0. The van der Waals surface area contributed by atoms with Gasteiger partial charge in [-0.05, 0) is 49.4 Å².